The van der Waals surface area contributed by atoms with Gasteiger partial charge in [-0.1, -0.05) is 32.8 Å². The third-order valence-corrected chi connectivity index (χ3v) is 3.39. The van der Waals surface area contributed by atoms with Gasteiger partial charge in [-0.15, -0.1) is 0 Å². The summed E-state index contributed by atoms with van der Waals surface area (Å²) < 4.78 is 0. The minimum atomic E-state index is 0.578. The van der Waals surface area contributed by atoms with Crippen LogP contribution in [0.4, 0.5) is 0 Å². The van der Waals surface area contributed by atoms with Crippen LogP contribution in [0.3, 0.4) is 0 Å². The van der Waals surface area contributed by atoms with Gasteiger partial charge < -0.3 is 5.32 Å². The summed E-state index contributed by atoms with van der Waals surface area (Å²) in [6.45, 7) is 4.57. The Bertz CT molecular complexity index is 267. The van der Waals surface area contributed by atoms with Crippen molar-refractivity contribution in [1.82, 2.24) is 10.3 Å². The smallest absolute Gasteiger partial charge is 0.0300 e. The Hall–Kier alpha value is -0.890. The molecular formula is C14H24N2. The van der Waals surface area contributed by atoms with Crippen molar-refractivity contribution in [2.24, 2.45) is 5.92 Å². The van der Waals surface area contributed by atoms with Crippen LogP contribution in [0.25, 0.3) is 0 Å². The standard InChI is InChI=1S/C14H24N2/c1-4-12(5-2)9-14(15-3)10-13-7-6-8-16-11-13/h6-8,11-12,14-15H,4-5,9-10H2,1-3H3. The third-order valence-electron chi connectivity index (χ3n) is 3.39. The highest BCUT2D eigenvalue weighted by Crippen LogP contribution is 2.17. The fourth-order valence-corrected chi connectivity index (χ4v) is 2.13. The lowest BCUT2D eigenvalue weighted by atomic mass is 9.92. The van der Waals surface area contributed by atoms with E-state index in [2.05, 4.69) is 37.3 Å². The first-order valence-corrected chi connectivity index (χ1v) is 6.36. The molecule has 1 aromatic heterocycles. The van der Waals surface area contributed by atoms with Crippen molar-refractivity contribution in [2.75, 3.05) is 7.05 Å². The summed E-state index contributed by atoms with van der Waals surface area (Å²) in [5.41, 5.74) is 1.33. The van der Waals surface area contributed by atoms with E-state index >= 15 is 0 Å². The molecule has 0 spiro atoms. The SMILES string of the molecule is CCC(CC)CC(Cc1cccnc1)NC. The van der Waals surface area contributed by atoms with Gasteiger partial charge in [-0.05, 0) is 37.4 Å². The van der Waals surface area contributed by atoms with Crippen molar-refractivity contribution in [3.05, 3.63) is 30.1 Å². The van der Waals surface area contributed by atoms with Gasteiger partial charge in [0, 0.05) is 18.4 Å². The van der Waals surface area contributed by atoms with Gasteiger partial charge in [0.15, 0.2) is 0 Å². The summed E-state index contributed by atoms with van der Waals surface area (Å²) in [6, 6.07) is 4.75. The van der Waals surface area contributed by atoms with Gasteiger partial charge in [0.25, 0.3) is 0 Å². The van der Waals surface area contributed by atoms with Crippen molar-refractivity contribution in [3.63, 3.8) is 0 Å². The Morgan fingerprint density at radius 2 is 2.06 bits per heavy atom. The van der Waals surface area contributed by atoms with Crippen LogP contribution in [0, 0.1) is 5.92 Å². The maximum absolute atomic E-state index is 4.16. The fourth-order valence-electron chi connectivity index (χ4n) is 2.13. The normalized spacial score (nSPS) is 13.0. The van der Waals surface area contributed by atoms with E-state index in [-0.39, 0.29) is 0 Å². The molecule has 0 amide bonds. The molecule has 1 N–H and O–H groups in total. The number of nitrogens with one attached hydrogen (secondary N) is 1. The lowest BCUT2D eigenvalue weighted by Gasteiger charge is -2.21. The van der Waals surface area contributed by atoms with Crippen molar-refractivity contribution >= 4 is 0 Å². The Kier molecular flexibility index (Phi) is 6.09. The predicted molar refractivity (Wildman–Crippen MR) is 69.5 cm³/mol. The number of nitrogens with zero attached hydrogens (tertiary/aromatic N) is 1. The van der Waals surface area contributed by atoms with Gasteiger partial charge in [0.2, 0.25) is 0 Å². The van der Waals surface area contributed by atoms with Gasteiger partial charge in [-0.25, -0.2) is 0 Å². The van der Waals surface area contributed by atoms with Crippen LogP contribution in [0.5, 0.6) is 0 Å². The number of pyridine rings is 1. The molecule has 0 radical (unpaired) electrons. The van der Waals surface area contributed by atoms with Crippen molar-refractivity contribution < 1.29 is 0 Å². The van der Waals surface area contributed by atoms with Gasteiger partial charge in [-0.2, -0.15) is 0 Å². The first kappa shape index (κ1) is 13.2. The molecule has 0 saturated heterocycles. The molecule has 0 aliphatic heterocycles. The van der Waals surface area contributed by atoms with E-state index in [1.165, 1.54) is 24.8 Å². The highest BCUT2D eigenvalue weighted by atomic mass is 14.9. The maximum atomic E-state index is 4.16. The van der Waals surface area contributed by atoms with Gasteiger partial charge in [0.05, 0.1) is 0 Å². The average molecular weight is 220 g/mol. The van der Waals surface area contributed by atoms with E-state index < -0.39 is 0 Å². The molecule has 1 atom stereocenters. The molecule has 1 heterocycles. The monoisotopic (exact) mass is 220 g/mol. The number of likely N-dealkylation sites (N-methyl/N-ethyl adjacent to an activating group) is 1. The highest BCUT2D eigenvalue weighted by molar-refractivity contribution is 5.10. The summed E-state index contributed by atoms with van der Waals surface area (Å²) in [4.78, 5) is 4.16. The molecule has 2 nitrogen and oxygen atoms in total. The van der Waals surface area contributed by atoms with Crippen molar-refractivity contribution in [1.29, 1.82) is 0 Å². The van der Waals surface area contributed by atoms with E-state index in [0.717, 1.165) is 12.3 Å². The Morgan fingerprint density at radius 3 is 2.56 bits per heavy atom. The molecule has 2 heteroatoms. The molecule has 0 aliphatic rings. The summed E-state index contributed by atoms with van der Waals surface area (Å²) in [5, 5.41) is 3.42. The third kappa shape index (κ3) is 4.31. The number of hydrogen-bond acceptors (Lipinski definition) is 2. The fraction of sp³-hybridized carbons (Fsp3) is 0.643. The van der Waals surface area contributed by atoms with Crippen LogP contribution >= 0.6 is 0 Å². The molecule has 16 heavy (non-hydrogen) atoms. The maximum Gasteiger partial charge on any atom is 0.0300 e. The Labute approximate surface area is 99.5 Å². The van der Waals surface area contributed by atoms with Crippen molar-refractivity contribution in [3.8, 4) is 0 Å². The van der Waals surface area contributed by atoms with Crippen LogP contribution in [-0.4, -0.2) is 18.1 Å². The lowest BCUT2D eigenvalue weighted by Crippen LogP contribution is -2.30. The highest BCUT2D eigenvalue weighted by Gasteiger charge is 2.12. The topological polar surface area (TPSA) is 24.9 Å². The van der Waals surface area contributed by atoms with Crippen LogP contribution in [0.1, 0.15) is 38.7 Å². The second kappa shape index (κ2) is 7.39. The molecule has 0 aromatic carbocycles. The number of rotatable bonds is 7. The molecule has 0 bridgehead atoms. The molecule has 1 rings (SSSR count). The second-order valence-corrected chi connectivity index (χ2v) is 4.47. The van der Waals surface area contributed by atoms with Crippen LogP contribution in [-0.2, 0) is 6.42 Å². The van der Waals surface area contributed by atoms with Crippen LogP contribution < -0.4 is 5.32 Å². The summed E-state index contributed by atoms with van der Waals surface area (Å²) in [6.07, 6.45) is 8.71. The average Bonchev–Trinajstić information content (AvgIpc) is 2.35. The zero-order valence-corrected chi connectivity index (χ0v) is 10.7. The molecule has 1 aromatic rings. The van der Waals surface area contributed by atoms with Gasteiger partial charge >= 0.3 is 0 Å². The zero-order valence-electron chi connectivity index (χ0n) is 10.7. The Morgan fingerprint density at radius 1 is 1.31 bits per heavy atom. The molecule has 1 unspecified atom stereocenters. The quantitative estimate of drug-likeness (QED) is 0.764. The summed E-state index contributed by atoms with van der Waals surface area (Å²) in [7, 11) is 2.06. The zero-order chi connectivity index (χ0) is 11.8. The number of hydrogen-bond donors (Lipinski definition) is 1. The molecule has 0 fully saturated rings. The van der Waals surface area contributed by atoms with E-state index in [0.29, 0.717) is 6.04 Å². The Balaban J connectivity index is 2.49. The predicted octanol–water partition coefficient (Wildman–Crippen LogP) is 3.04. The van der Waals surface area contributed by atoms with E-state index in [1.54, 1.807) is 0 Å². The summed E-state index contributed by atoms with van der Waals surface area (Å²) in [5.74, 6) is 0.842. The first-order valence-electron chi connectivity index (χ1n) is 6.36. The number of aromatic nitrogens is 1. The lowest BCUT2D eigenvalue weighted by molar-refractivity contribution is 0.377. The second-order valence-electron chi connectivity index (χ2n) is 4.47. The molecule has 0 aliphatic carbocycles. The van der Waals surface area contributed by atoms with E-state index in [1.807, 2.05) is 18.5 Å². The van der Waals surface area contributed by atoms with Crippen LogP contribution in [0.15, 0.2) is 24.5 Å². The van der Waals surface area contributed by atoms with Gasteiger partial charge in [0.1, 0.15) is 0 Å². The molecule has 0 saturated carbocycles. The largest absolute Gasteiger partial charge is 0.317 e. The minimum absolute atomic E-state index is 0.578. The molecular weight excluding hydrogens is 196 g/mol. The van der Waals surface area contributed by atoms with Crippen LogP contribution in [0.2, 0.25) is 0 Å². The first-order chi connectivity index (χ1) is 7.80. The van der Waals surface area contributed by atoms with Crippen molar-refractivity contribution in [2.45, 2.75) is 45.6 Å². The van der Waals surface area contributed by atoms with E-state index in [4.69, 9.17) is 0 Å². The summed E-state index contributed by atoms with van der Waals surface area (Å²) >= 11 is 0. The molecule has 90 valence electrons. The minimum Gasteiger partial charge on any atom is -0.317 e. The van der Waals surface area contributed by atoms with Gasteiger partial charge in [-0.3, -0.25) is 4.98 Å². The van der Waals surface area contributed by atoms with E-state index in [9.17, 15) is 0 Å².